The fourth-order valence-corrected chi connectivity index (χ4v) is 4.52. The molecule has 3 rings (SSSR count). The molecule has 0 saturated carbocycles. The number of benzene rings is 2. The molecule has 0 saturated heterocycles. The number of carbonyl (C=O) groups is 1. The largest absolute Gasteiger partial charge is 0.465 e. The molecule has 1 atom stereocenters. The Hall–Kier alpha value is -1.70. The summed E-state index contributed by atoms with van der Waals surface area (Å²) in [6, 6.07) is 8.62. The maximum absolute atomic E-state index is 14.1. The zero-order chi connectivity index (χ0) is 20.7. The van der Waals surface area contributed by atoms with Gasteiger partial charge in [-0.15, -0.1) is 0 Å². The number of ether oxygens (including phenoxy) is 1. The van der Waals surface area contributed by atoms with Crippen molar-refractivity contribution in [3.8, 4) is 0 Å². The molecule has 0 amide bonds. The number of halogens is 5. The van der Waals surface area contributed by atoms with E-state index >= 15 is 0 Å². The van der Waals surface area contributed by atoms with Crippen LogP contribution in [0, 0.1) is 6.92 Å². The smallest absolute Gasteiger partial charge is 0.409 e. The van der Waals surface area contributed by atoms with Crippen LogP contribution < -0.4 is 0 Å². The summed E-state index contributed by atoms with van der Waals surface area (Å²) in [5.41, 5.74) is 1.67. The summed E-state index contributed by atoms with van der Waals surface area (Å²) in [6.45, 7) is 1.69. The minimum Gasteiger partial charge on any atom is -0.465 e. The minimum atomic E-state index is -4.59. The van der Waals surface area contributed by atoms with Crippen molar-refractivity contribution in [2.24, 2.45) is 4.40 Å². The summed E-state index contributed by atoms with van der Waals surface area (Å²) in [7, 11) is 1.27. The molecule has 0 fully saturated rings. The molecular formula is C19H14Cl2F3NO2S. The van der Waals surface area contributed by atoms with E-state index < -0.39 is 16.9 Å². The van der Waals surface area contributed by atoms with Crippen molar-refractivity contribution >= 4 is 46.8 Å². The second kappa shape index (κ2) is 7.61. The summed E-state index contributed by atoms with van der Waals surface area (Å²) in [6.07, 6.45) is -4.97. The molecule has 1 unspecified atom stereocenters. The van der Waals surface area contributed by atoms with Gasteiger partial charge in [0.1, 0.15) is 0 Å². The standard InChI is InChI=1S/C19H14Cl2F3NO2S/c1-10-5-11(3-4-15(10)17(26)27-2)16-9-18(28-25-16,19(22,23)24)12-6-13(20)8-14(21)7-12/h3-8H,9H2,1-2H3. The molecule has 0 aromatic heterocycles. The Morgan fingerprint density at radius 2 is 1.82 bits per heavy atom. The van der Waals surface area contributed by atoms with Gasteiger partial charge in [-0.2, -0.15) is 13.2 Å². The van der Waals surface area contributed by atoms with Crippen LogP contribution in [0.4, 0.5) is 13.2 Å². The maximum Gasteiger partial charge on any atom is 0.409 e. The van der Waals surface area contributed by atoms with Gasteiger partial charge in [-0.25, -0.2) is 9.19 Å². The van der Waals surface area contributed by atoms with Crippen LogP contribution in [0.2, 0.25) is 10.0 Å². The molecule has 28 heavy (non-hydrogen) atoms. The second-order valence-corrected chi connectivity index (χ2v) is 8.25. The van der Waals surface area contributed by atoms with Crippen LogP contribution in [0.3, 0.4) is 0 Å². The summed E-state index contributed by atoms with van der Waals surface area (Å²) >= 11 is 12.3. The van der Waals surface area contributed by atoms with Crippen LogP contribution in [0.5, 0.6) is 0 Å². The number of alkyl halides is 3. The van der Waals surface area contributed by atoms with Gasteiger partial charge < -0.3 is 4.74 Å². The number of hydrogen-bond acceptors (Lipinski definition) is 4. The first-order valence-corrected chi connectivity index (χ1v) is 9.58. The lowest BCUT2D eigenvalue weighted by Crippen LogP contribution is -2.38. The number of aryl methyl sites for hydroxylation is 1. The number of rotatable bonds is 3. The lowest BCUT2D eigenvalue weighted by molar-refractivity contribution is -0.159. The normalized spacial score (nSPS) is 19.5. The average molecular weight is 448 g/mol. The van der Waals surface area contributed by atoms with E-state index in [2.05, 4.69) is 4.40 Å². The number of nitrogens with zero attached hydrogens (tertiary/aromatic N) is 1. The lowest BCUT2D eigenvalue weighted by atomic mass is 9.89. The fraction of sp³-hybridized carbons (Fsp3) is 0.263. The second-order valence-electron chi connectivity index (χ2n) is 6.31. The molecule has 1 heterocycles. The van der Waals surface area contributed by atoms with Crippen LogP contribution >= 0.6 is 35.1 Å². The monoisotopic (exact) mass is 447 g/mol. The van der Waals surface area contributed by atoms with Crippen LogP contribution in [0.25, 0.3) is 0 Å². The van der Waals surface area contributed by atoms with Gasteiger partial charge in [-0.1, -0.05) is 29.3 Å². The number of hydrogen-bond donors (Lipinski definition) is 0. The topological polar surface area (TPSA) is 38.7 Å². The Balaban J connectivity index is 2.00. The highest BCUT2D eigenvalue weighted by Gasteiger charge is 2.60. The van der Waals surface area contributed by atoms with E-state index in [0.29, 0.717) is 28.6 Å². The molecule has 0 radical (unpaired) electrons. The summed E-state index contributed by atoms with van der Waals surface area (Å²) in [5.74, 6) is -0.509. The van der Waals surface area contributed by atoms with Gasteiger partial charge in [0.15, 0.2) is 4.75 Å². The Morgan fingerprint density at radius 3 is 2.36 bits per heavy atom. The van der Waals surface area contributed by atoms with Gasteiger partial charge in [-0.3, -0.25) is 0 Å². The number of esters is 1. The highest BCUT2D eigenvalue weighted by Crippen LogP contribution is 2.57. The summed E-state index contributed by atoms with van der Waals surface area (Å²) < 4.78 is 48.8. The third kappa shape index (κ3) is 3.75. The van der Waals surface area contributed by atoms with Crippen molar-refractivity contribution in [2.75, 3.05) is 7.11 Å². The molecule has 1 aliphatic rings. The first kappa shape index (κ1) is 21.0. The van der Waals surface area contributed by atoms with Gasteiger partial charge >= 0.3 is 12.1 Å². The molecular weight excluding hydrogens is 434 g/mol. The van der Waals surface area contributed by atoms with Crippen LogP contribution in [-0.2, 0) is 9.48 Å². The van der Waals surface area contributed by atoms with E-state index in [-0.39, 0.29) is 27.7 Å². The van der Waals surface area contributed by atoms with E-state index in [4.69, 9.17) is 27.9 Å². The molecule has 0 spiro atoms. The van der Waals surface area contributed by atoms with Gasteiger partial charge in [0.2, 0.25) is 0 Å². The van der Waals surface area contributed by atoms with E-state index in [1.807, 2.05) is 0 Å². The molecule has 2 aromatic carbocycles. The molecule has 0 N–H and O–H groups in total. The van der Waals surface area contributed by atoms with Crippen molar-refractivity contribution in [1.29, 1.82) is 0 Å². The fourth-order valence-electron chi connectivity index (χ4n) is 3.03. The molecule has 0 bridgehead atoms. The van der Waals surface area contributed by atoms with Gasteiger partial charge in [0.05, 0.1) is 18.4 Å². The zero-order valence-electron chi connectivity index (χ0n) is 14.7. The lowest BCUT2D eigenvalue weighted by Gasteiger charge is -2.30. The Morgan fingerprint density at radius 1 is 1.18 bits per heavy atom. The quantitative estimate of drug-likeness (QED) is 0.404. The van der Waals surface area contributed by atoms with E-state index in [1.54, 1.807) is 19.1 Å². The third-order valence-corrected chi connectivity index (χ3v) is 6.15. The number of methoxy groups -OCH3 is 1. The Kier molecular flexibility index (Phi) is 5.71. The predicted molar refractivity (Wildman–Crippen MR) is 105 cm³/mol. The number of carbonyl (C=O) groups excluding carboxylic acids is 1. The third-order valence-electron chi connectivity index (χ3n) is 4.48. The van der Waals surface area contributed by atoms with Gasteiger partial charge in [-0.05, 0) is 65.9 Å². The van der Waals surface area contributed by atoms with Crippen molar-refractivity contribution in [2.45, 2.75) is 24.3 Å². The van der Waals surface area contributed by atoms with Gasteiger partial charge in [0.25, 0.3) is 0 Å². The predicted octanol–water partition coefficient (Wildman–Crippen LogP) is 6.39. The highest BCUT2D eigenvalue weighted by molar-refractivity contribution is 7.99. The molecule has 0 aliphatic carbocycles. The van der Waals surface area contributed by atoms with Gasteiger partial charge in [0, 0.05) is 16.5 Å². The molecule has 9 heteroatoms. The highest BCUT2D eigenvalue weighted by atomic mass is 35.5. The SMILES string of the molecule is COC(=O)c1ccc(C2=NSC(c3cc(Cl)cc(Cl)c3)(C(F)(F)F)C2)cc1C. The molecule has 1 aliphatic heterocycles. The molecule has 2 aromatic rings. The minimum absolute atomic E-state index is 0.0517. The summed E-state index contributed by atoms with van der Waals surface area (Å²) in [5, 5.41) is 0.247. The summed E-state index contributed by atoms with van der Waals surface area (Å²) in [4.78, 5) is 11.7. The molecule has 148 valence electrons. The zero-order valence-corrected chi connectivity index (χ0v) is 17.1. The van der Waals surface area contributed by atoms with Crippen molar-refractivity contribution in [1.82, 2.24) is 0 Å². The average Bonchev–Trinajstić information content (AvgIpc) is 3.07. The Labute approximate surface area is 174 Å². The van der Waals surface area contributed by atoms with Crippen LogP contribution in [-0.4, -0.2) is 25.0 Å². The van der Waals surface area contributed by atoms with E-state index in [9.17, 15) is 18.0 Å². The van der Waals surface area contributed by atoms with E-state index in [1.165, 1.54) is 31.4 Å². The van der Waals surface area contributed by atoms with Crippen molar-refractivity contribution in [3.05, 3.63) is 68.7 Å². The van der Waals surface area contributed by atoms with Crippen LogP contribution in [0.1, 0.15) is 33.5 Å². The van der Waals surface area contributed by atoms with Crippen molar-refractivity contribution in [3.63, 3.8) is 0 Å². The van der Waals surface area contributed by atoms with E-state index in [0.717, 1.165) is 0 Å². The van der Waals surface area contributed by atoms with Crippen LogP contribution in [0.15, 0.2) is 40.8 Å². The maximum atomic E-state index is 14.1. The first-order chi connectivity index (χ1) is 13.1. The Bertz CT molecular complexity index is 958. The first-order valence-electron chi connectivity index (χ1n) is 8.05. The van der Waals surface area contributed by atoms with Crippen molar-refractivity contribution < 1.29 is 22.7 Å². The molecule has 3 nitrogen and oxygen atoms in total.